The molecule has 0 atom stereocenters. The van der Waals surface area contributed by atoms with E-state index in [0.717, 1.165) is 54.3 Å². The summed E-state index contributed by atoms with van der Waals surface area (Å²) < 4.78 is 5.54. The van der Waals surface area contributed by atoms with Gasteiger partial charge in [0.05, 0.1) is 18.6 Å². The zero-order valence-corrected chi connectivity index (χ0v) is 19.5. The number of piperazine rings is 1. The highest BCUT2D eigenvalue weighted by Gasteiger charge is 2.23. The molecule has 2 fully saturated rings. The first-order valence-corrected chi connectivity index (χ1v) is 12.1. The van der Waals surface area contributed by atoms with Crippen LogP contribution >= 0.6 is 11.3 Å². The minimum Gasteiger partial charge on any atom is -0.387 e. The van der Waals surface area contributed by atoms with Crippen molar-refractivity contribution in [2.45, 2.75) is 6.54 Å². The van der Waals surface area contributed by atoms with E-state index < -0.39 is 6.61 Å². The van der Waals surface area contributed by atoms with Crippen molar-refractivity contribution in [1.29, 1.82) is 5.26 Å². The third-order valence-corrected chi connectivity index (χ3v) is 7.12. The SMILES string of the molecule is N#Cc1ccc(-c2nc(N3CCOCC3)c3cc(CN4CCN(C(=O)CO)CC4)sc3n2)cn1. The number of pyridine rings is 1. The predicted octanol–water partition coefficient (Wildman–Crippen LogP) is 1.10. The standard InChI is InChI=1S/C23H25N7O3S/c24-12-17-2-1-16(13-25-17)21-26-22(30-7-9-33-10-8-30)19-11-18(34-23(19)27-21)14-28-3-5-29(6-4-28)20(32)15-31/h1-2,11,13,31H,3-10,14-15H2. The summed E-state index contributed by atoms with van der Waals surface area (Å²) in [6, 6.07) is 7.73. The third-order valence-electron chi connectivity index (χ3n) is 6.11. The second-order valence-corrected chi connectivity index (χ2v) is 9.38. The predicted molar refractivity (Wildman–Crippen MR) is 127 cm³/mol. The number of ether oxygens (including phenoxy) is 1. The summed E-state index contributed by atoms with van der Waals surface area (Å²) in [6.45, 7) is 5.98. The fourth-order valence-electron chi connectivity index (χ4n) is 4.25. The molecule has 2 saturated heterocycles. The summed E-state index contributed by atoms with van der Waals surface area (Å²) >= 11 is 1.65. The number of fused-ring (bicyclic) bond motifs is 1. The minimum absolute atomic E-state index is 0.211. The number of nitrogens with zero attached hydrogens (tertiary/aromatic N) is 7. The highest BCUT2D eigenvalue weighted by Crippen LogP contribution is 2.34. The van der Waals surface area contributed by atoms with E-state index in [1.165, 1.54) is 4.88 Å². The van der Waals surface area contributed by atoms with Gasteiger partial charge in [0.15, 0.2) is 5.82 Å². The molecule has 2 aliphatic rings. The maximum Gasteiger partial charge on any atom is 0.248 e. The number of aliphatic hydroxyl groups is 1. The van der Waals surface area contributed by atoms with E-state index in [1.54, 1.807) is 28.5 Å². The van der Waals surface area contributed by atoms with Gasteiger partial charge in [0.2, 0.25) is 5.91 Å². The molecule has 176 valence electrons. The van der Waals surface area contributed by atoms with Crippen LogP contribution in [0.2, 0.25) is 0 Å². The molecule has 10 nitrogen and oxygen atoms in total. The first-order valence-electron chi connectivity index (χ1n) is 11.3. The van der Waals surface area contributed by atoms with Crippen LogP contribution in [0.15, 0.2) is 24.4 Å². The van der Waals surface area contributed by atoms with E-state index in [0.29, 0.717) is 37.8 Å². The largest absolute Gasteiger partial charge is 0.387 e. The molecule has 0 spiro atoms. The number of amides is 1. The van der Waals surface area contributed by atoms with Crippen molar-refractivity contribution >= 4 is 33.3 Å². The zero-order valence-electron chi connectivity index (χ0n) is 18.7. The van der Waals surface area contributed by atoms with Gasteiger partial charge in [-0.3, -0.25) is 9.69 Å². The molecule has 0 radical (unpaired) electrons. The van der Waals surface area contributed by atoms with Gasteiger partial charge in [0.1, 0.15) is 29.0 Å². The molecular weight excluding hydrogens is 454 g/mol. The van der Waals surface area contributed by atoms with E-state index in [2.05, 4.69) is 20.9 Å². The Hall–Kier alpha value is -3.17. The molecule has 3 aromatic rings. The van der Waals surface area contributed by atoms with Crippen molar-refractivity contribution in [1.82, 2.24) is 24.8 Å². The van der Waals surface area contributed by atoms with Gasteiger partial charge in [-0.2, -0.15) is 5.26 Å². The average molecular weight is 480 g/mol. The number of anilines is 1. The number of nitriles is 1. The number of carbonyl (C=O) groups excluding carboxylic acids is 1. The third kappa shape index (κ3) is 4.71. The number of rotatable bonds is 5. The molecule has 1 amide bonds. The fraction of sp³-hybridized carbons (Fsp3) is 0.435. The summed E-state index contributed by atoms with van der Waals surface area (Å²) in [6.07, 6.45) is 1.64. The highest BCUT2D eigenvalue weighted by molar-refractivity contribution is 7.18. The quantitative estimate of drug-likeness (QED) is 0.574. The topological polar surface area (TPSA) is 119 Å². The second-order valence-electron chi connectivity index (χ2n) is 8.26. The van der Waals surface area contributed by atoms with Gasteiger partial charge in [-0.1, -0.05) is 0 Å². The van der Waals surface area contributed by atoms with Crippen LogP contribution in [-0.2, 0) is 16.1 Å². The lowest BCUT2D eigenvalue weighted by Gasteiger charge is -2.34. The van der Waals surface area contributed by atoms with Crippen LogP contribution in [0.5, 0.6) is 0 Å². The van der Waals surface area contributed by atoms with Gasteiger partial charge < -0.3 is 19.6 Å². The van der Waals surface area contributed by atoms with Crippen molar-refractivity contribution in [2.75, 3.05) is 64.0 Å². The molecule has 5 rings (SSSR count). The second kappa shape index (κ2) is 9.99. The van der Waals surface area contributed by atoms with E-state index in [1.807, 2.05) is 12.1 Å². The summed E-state index contributed by atoms with van der Waals surface area (Å²) in [5.41, 5.74) is 1.13. The highest BCUT2D eigenvalue weighted by atomic mass is 32.1. The molecular formula is C23H25N7O3S. The summed E-state index contributed by atoms with van der Waals surface area (Å²) in [7, 11) is 0. The van der Waals surface area contributed by atoms with Crippen molar-refractivity contribution in [2.24, 2.45) is 0 Å². The smallest absolute Gasteiger partial charge is 0.248 e. The summed E-state index contributed by atoms with van der Waals surface area (Å²) in [5, 5.41) is 19.2. The molecule has 0 aromatic carbocycles. The molecule has 0 saturated carbocycles. The molecule has 34 heavy (non-hydrogen) atoms. The zero-order chi connectivity index (χ0) is 23.5. The van der Waals surface area contributed by atoms with Crippen LogP contribution in [0, 0.1) is 11.3 Å². The van der Waals surface area contributed by atoms with Gasteiger partial charge in [0, 0.05) is 62.5 Å². The first kappa shape index (κ1) is 22.6. The van der Waals surface area contributed by atoms with Gasteiger partial charge in [-0.05, 0) is 18.2 Å². The van der Waals surface area contributed by atoms with E-state index in [-0.39, 0.29) is 5.91 Å². The van der Waals surface area contributed by atoms with Crippen LogP contribution in [0.3, 0.4) is 0 Å². The van der Waals surface area contributed by atoms with Crippen LogP contribution in [0.4, 0.5) is 5.82 Å². The molecule has 0 aliphatic carbocycles. The van der Waals surface area contributed by atoms with Crippen LogP contribution < -0.4 is 4.90 Å². The van der Waals surface area contributed by atoms with Crippen LogP contribution in [0.1, 0.15) is 10.6 Å². The Bertz CT molecular complexity index is 1210. The summed E-state index contributed by atoms with van der Waals surface area (Å²) in [5.74, 6) is 1.28. The number of hydrogen-bond acceptors (Lipinski definition) is 10. The van der Waals surface area contributed by atoms with Crippen molar-refractivity contribution in [3.05, 3.63) is 35.0 Å². The molecule has 1 N–H and O–H groups in total. The van der Waals surface area contributed by atoms with Crippen molar-refractivity contribution < 1.29 is 14.6 Å². The summed E-state index contributed by atoms with van der Waals surface area (Å²) in [4.78, 5) is 34.0. The lowest BCUT2D eigenvalue weighted by Crippen LogP contribution is -2.49. The first-order chi connectivity index (χ1) is 16.6. The Kier molecular flexibility index (Phi) is 6.64. The number of hydrogen-bond donors (Lipinski definition) is 1. The van der Waals surface area contributed by atoms with Gasteiger partial charge in [-0.25, -0.2) is 15.0 Å². The molecule has 11 heteroatoms. The Balaban J connectivity index is 1.43. The molecule has 0 bridgehead atoms. The fourth-order valence-corrected chi connectivity index (χ4v) is 5.31. The molecule has 5 heterocycles. The van der Waals surface area contributed by atoms with Crippen LogP contribution in [0.25, 0.3) is 21.6 Å². The monoisotopic (exact) mass is 479 g/mol. The maximum absolute atomic E-state index is 11.7. The molecule has 0 unspecified atom stereocenters. The Morgan fingerprint density at radius 2 is 1.94 bits per heavy atom. The molecule has 3 aromatic heterocycles. The maximum atomic E-state index is 11.7. The van der Waals surface area contributed by atoms with E-state index in [9.17, 15) is 4.79 Å². The number of aromatic nitrogens is 3. The van der Waals surface area contributed by atoms with Gasteiger partial charge >= 0.3 is 0 Å². The lowest BCUT2D eigenvalue weighted by molar-refractivity contribution is -0.135. The Labute approximate surface area is 201 Å². The molecule has 2 aliphatic heterocycles. The number of aliphatic hydroxyl groups excluding tert-OH is 1. The van der Waals surface area contributed by atoms with Crippen molar-refractivity contribution in [3.63, 3.8) is 0 Å². The average Bonchev–Trinajstić information content (AvgIpc) is 3.31. The minimum atomic E-state index is -0.434. The number of thiophene rings is 1. The van der Waals surface area contributed by atoms with Crippen LogP contribution in [-0.4, -0.2) is 94.9 Å². The van der Waals surface area contributed by atoms with E-state index in [4.69, 9.17) is 25.1 Å². The van der Waals surface area contributed by atoms with Gasteiger partial charge in [-0.15, -0.1) is 11.3 Å². The van der Waals surface area contributed by atoms with Gasteiger partial charge in [0.25, 0.3) is 0 Å². The number of morpholine rings is 1. The number of carbonyl (C=O) groups is 1. The van der Waals surface area contributed by atoms with E-state index >= 15 is 0 Å². The normalized spacial score (nSPS) is 17.2. The lowest BCUT2D eigenvalue weighted by atomic mass is 10.2. The Morgan fingerprint density at radius 3 is 2.62 bits per heavy atom. The van der Waals surface area contributed by atoms with Crippen molar-refractivity contribution in [3.8, 4) is 17.5 Å². The Morgan fingerprint density at radius 1 is 1.15 bits per heavy atom.